The molecule has 33 heavy (non-hydrogen) atoms. The maximum Gasteiger partial charge on any atom is 0.319 e. The molecule has 7 nitrogen and oxygen atoms in total. The van der Waals surface area contributed by atoms with Crippen LogP contribution in [-0.2, 0) is 11.3 Å². The minimum atomic E-state index is -0.293. The summed E-state index contributed by atoms with van der Waals surface area (Å²) >= 11 is 0. The minimum Gasteiger partial charge on any atom is -0.340 e. The van der Waals surface area contributed by atoms with Crippen LogP contribution in [0.25, 0.3) is 0 Å². The van der Waals surface area contributed by atoms with Gasteiger partial charge in [-0.1, -0.05) is 56.3 Å². The average molecular weight is 446 g/mol. The average Bonchev–Trinajstić information content (AvgIpc) is 3.43. The number of rotatable bonds is 8. The van der Waals surface area contributed by atoms with E-state index >= 15 is 0 Å². The number of carbonyl (C=O) groups excluding carboxylic acids is 2. The van der Waals surface area contributed by atoms with Crippen molar-refractivity contribution in [3.05, 3.63) is 83.9 Å². The van der Waals surface area contributed by atoms with E-state index in [-0.39, 0.29) is 18.0 Å². The van der Waals surface area contributed by atoms with Crippen LogP contribution in [0.15, 0.2) is 67.0 Å². The van der Waals surface area contributed by atoms with Gasteiger partial charge in [0.25, 0.3) is 0 Å². The molecule has 0 bridgehead atoms. The molecular formula is C26H31N5O2. The third kappa shape index (κ3) is 5.80. The highest BCUT2D eigenvalue weighted by Crippen LogP contribution is 2.20. The lowest BCUT2D eigenvalue weighted by Gasteiger charge is -2.25. The summed E-state index contributed by atoms with van der Waals surface area (Å²) in [5.41, 5.74) is 2.78. The Kier molecular flexibility index (Phi) is 7.07. The van der Waals surface area contributed by atoms with Crippen LogP contribution in [0.3, 0.4) is 0 Å². The molecule has 3 aromatic rings. The van der Waals surface area contributed by atoms with Crippen LogP contribution in [0.4, 0.5) is 10.5 Å². The molecule has 1 atom stereocenters. The summed E-state index contributed by atoms with van der Waals surface area (Å²) in [6, 6.07) is 17.0. The van der Waals surface area contributed by atoms with E-state index in [1.807, 2.05) is 71.9 Å². The van der Waals surface area contributed by atoms with Gasteiger partial charge in [0.2, 0.25) is 5.91 Å². The Balaban J connectivity index is 1.43. The van der Waals surface area contributed by atoms with Crippen molar-refractivity contribution >= 4 is 17.6 Å². The van der Waals surface area contributed by atoms with Gasteiger partial charge < -0.3 is 20.1 Å². The smallest absolute Gasteiger partial charge is 0.319 e. The van der Waals surface area contributed by atoms with Crippen molar-refractivity contribution in [2.24, 2.45) is 0 Å². The third-order valence-electron chi connectivity index (χ3n) is 5.88. The number of hydrogen-bond donors (Lipinski definition) is 2. The predicted octanol–water partition coefficient (Wildman–Crippen LogP) is 4.54. The van der Waals surface area contributed by atoms with Gasteiger partial charge in [0.1, 0.15) is 5.82 Å². The number of hydrogen-bond acceptors (Lipinski definition) is 3. The highest BCUT2D eigenvalue weighted by molar-refractivity contribution is 5.89. The van der Waals surface area contributed by atoms with Gasteiger partial charge in [0.15, 0.2) is 0 Å². The lowest BCUT2D eigenvalue weighted by molar-refractivity contribution is -0.128. The van der Waals surface area contributed by atoms with Gasteiger partial charge in [-0.15, -0.1) is 0 Å². The van der Waals surface area contributed by atoms with Crippen LogP contribution >= 0.6 is 0 Å². The van der Waals surface area contributed by atoms with Crippen molar-refractivity contribution in [2.45, 2.75) is 45.2 Å². The molecule has 172 valence electrons. The second kappa shape index (κ2) is 10.3. The number of urea groups is 1. The van der Waals surface area contributed by atoms with Gasteiger partial charge >= 0.3 is 6.03 Å². The fraction of sp³-hybridized carbons (Fsp3) is 0.346. The Morgan fingerprint density at radius 1 is 1.12 bits per heavy atom. The van der Waals surface area contributed by atoms with Gasteiger partial charge in [-0.2, -0.15) is 0 Å². The van der Waals surface area contributed by atoms with Crippen LogP contribution in [0, 0.1) is 0 Å². The number of anilines is 1. The Bertz CT molecular complexity index is 1090. The quantitative estimate of drug-likeness (QED) is 0.534. The van der Waals surface area contributed by atoms with E-state index in [0.29, 0.717) is 25.4 Å². The molecule has 3 amide bonds. The van der Waals surface area contributed by atoms with Crippen molar-refractivity contribution in [2.75, 3.05) is 18.4 Å². The number of amides is 3. The molecule has 0 spiro atoms. The van der Waals surface area contributed by atoms with Crippen molar-refractivity contribution in [3.8, 4) is 0 Å². The van der Waals surface area contributed by atoms with Crippen molar-refractivity contribution in [1.29, 1.82) is 0 Å². The van der Waals surface area contributed by atoms with Crippen LogP contribution < -0.4 is 10.6 Å². The zero-order valence-corrected chi connectivity index (χ0v) is 19.2. The molecule has 1 fully saturated rings. The molecule has 7 heteroatoms. The van der Waals surface area contributed by atoms with Crippen LogP contribution in [0.1, 0.15) is 55.6 Å². The fourth-order valence-electron chi connectivity index (χ4n) is 4.26. The number of benzene rings is 2. The fourth-order valence-corrected chi connectivity index (χ4v) is 4.26. The molecule has 2 heterocycles. The first-order valence-electron chi connectivity index (χ1n) is 11.5. The Morgan fingerprint density at radius 2 is 1.94 bits per heavy atom. The molecule has 0 aliphatic carbocycles. The van der Waals surface area contributed by atoms with E-state index in [9.17, 15) is 9.59 Å². The van der Waals surface area contributed by atoms with E-state index in [1.54, 1.807) is 0 Å². The number of nitrogens with one attached hydrogen (secondary N) is 2. The van der Waals surface area contributed by atoms with Gasteiger partial charge in [0, 0.05) is 50.1 Å². The monoisotopic (exact) mass is 445 g/mol. The van der Waals surface area contributed by atoms with Gasteiger partial charge in [-0.3, -0.25) is 4.79 Å². The molecule has 4 rings (SSSR count). The number of carbonyl (C=O) groups is 2. The zero-order valence-electron chi connectivity index (χ0n) is 19.2. The van der Waals surface area contributed by atoms with Gasteiger partial charge in [-0.05, 0) is 29.7 Å². The first kappa shape index (κ1) is 22.6. The summed E-state index contributed by atoms with van der Waals surface area (Å²) in [6.45, 7) is 6.14. The first-order chi connectivity index (χ1) is 16.0. The standard InChI is InChI=1S/C26H31N5O2/c1-19(2)25-27-13-15-31(25)17-20-8-6-11-22(16-20)28-26(33)29-23(21-9-4-3-5-10-21)18-30-14-7-12-24(30)32/h3-6,8-11,13,15-16,19,23H,7,12,14,17-18H2,1-2H3,(H2,28,29,33). The number of nitrogens with zero attached hydrogens (tertiary/aromatic N) is 3. The zero-order chi connectivity index (χ0) is 23.2. The molecule has 0 radical (unpaired) electrons. The van der Waals surface area contributed by atoms with E-state index in [1.165, 1.54) is 0 Å². The largest absolute Gasteiger partial charge is 0.340 e. The molecule has 1 aliphatic rings. The number of imidazole rings is 1. The van der Waals surface area contributed by atoms with E-state index in [0.717, 1.165) is 35.6 Å². The highest BCUT2D eigenvalue weighted by atomic mass is 16.2. The van der Waals surface area contributed by atoms with Crippen molar-refractivity contribution < 1.29 is 9.59 Å². The van der Waals surface area contributed by atoms with E-state index in [4.69, 9.17) is 0 Å². The number of likely N-dealkylation sites (tertiary alicyclic amines) is 1. The first-order valence-corrected chi connectivity index (χ1v) is 11.5. The molecule has 1 unspecified atom stereocenters. The highest BCUT2D eigenvalue weighted by Gasteiger charge is 2.25. The van der Waals surface area contributed by atoms with Crippen molar-refractivity contribution in [3.63, 3.8) is 0 Å². The normalized spacial score (nSPS) is 14.5. The van der Waals surface area contributed by atoms with Crippen LogP contribution in [0.5, 0.6) is 0 Å². The van der Waals surface area contributed by atoms with Gasteiger partial charge in [-0.25, -0.2) is 9.78 Å². The predicted molar refractivity (Wildman–Crippen MR) is 129 cm³/mol. The van der Waals surface area contributed by atoms with Crippen LogP contribution in [0.2, 0.25) is 0 Å². The topological polar surface area (TPSA) is 79.3 Å². The van der Waals surface area contributed by atoms with Crippen LogP contribution in [-0.4, -0.2) is 39.5 Å². The Morgan fingerprint density at radius 3 is 2.67 bits per heavy atom. The maximum atomic E-state index is 12.9. The molecule has 1 aromatic heterocycles. The third-order valence-corrected chi connectivity index (χ3v) is 5.88. The molecule has 2 aromatic carbocycles. The second-order valence-electron chi connectivity index (χ2n) is 8.77. The Hall–Kier alpha value is -3.61. The maximum absolute atomic E-state index is 12.9. The second-order valence-corrected chi connectivity index (χ2v) is 8.77. The summed E-state index contributed by atoms with van der Waals surface area (Å²) in [7, 11) is 0. The molecular weight excluding hydrogens is 414 g/mol. The summed E-state index contributed by atoms with van der Waals surface area (Å²) in [6.07, 6.45) is 5.25. The summed E-state index contributed by atoms with van der Waals surface area (Å²) < 4.78 is 2.13. The summed E-state index contributed by atoms with van der Waals surface area (Å²) in [5, 5.41) is 6.02. The molecule has 1 aliphatic heterocycles. The van der Waals surface area contributed by atoms with Gasteiger partial charge in [0.05, 0.1) is 6.04 Å². The SMILES string of the molecule is CC(C)c1nccn1Cc1cccc(NC(=O)NC(CN2CCCC2=O)c2ccccc2)c1. The summed E-state index contributed by atoms with van der Waals surface area (Å²) in [4.78, 5) is 31.3. The lowest BCUT2D eigenvalue weighted by Crippen LogP contribution is -2.40. The van der Waals surface area contributed by atoms with Crippen molar-refractivity contribution in [1.82, 2.24) is 19.8 Å². The number of aromatic nitrogens is 2. The van der Waals surface area contributed by atoms with E-state index < -0.39 is 0 Å². The molecule has 1 saturated heterocycles. The van der Waals surface area contributed by atoms with E-state index in [2.05, 4.69) is 34.0 Å². The minimum absolute atomic E-state index is 0.145. The summed E-state index contributed by atoms with van der Waals surface area (Å²) in [5.74, 6) is 1.52. The molecule has 2 N–H and O–H groups in total. The lowest BCUT2D eigenvalue weighted by atomic mass is 10.1. The Labute approximate surface area is 194 Å². The molecule has 0 saturated carbocycles.